The molecule has 0 fully saturated rings. The van der Waals surface area contributed by atoms with E-state index >= 15 is 0 Å². The second-order valence-electron chi connectivity index (χ2n) is 5.36. The van der Waals surface area contributed by atoms with Crippen molar-refractivity contribution >= 4 is 11.8 Å². The molecule has 5 heteroatoms. The van der Waals surface area contributed by atoms with Gasteiger partial charge in [-0.15, -0.1) is 0 Å². The summed E-state index contributed by atoms with van der Waals surface area (Å²) in [5.41, 5.74) is -0.146. The molecule has 1 atom stereocenters. The van der Waals surface area contributed by atoms with Gasteiger partial charge >= 0.3 is 5.97 Å². The molecular weight excluding hydrogens is 260 g/mol. The summed E-state index contributed by atoms with van der Waals surface area (Å²) in [6.07, 6.45) is 3.92. The molecule has 0 saturated carbocycles. The molecule has 5 nitrogen and oxygen atoms in total. The molecule has 0 aliphatic heterocycles. The lowest BCUT2D eigenvalue weighted by atomic mass is 9.80. The maximum absolute atomic E-state index is 11.8. The quantitative estimate of drug-likeness (QED) is 0.584. The van der Waals surface area contributed by atoms with Crippen molar-refractivity contribution in [3.8, 4) is 0 Å². The number of hydrogen-bond acceptors (Lipinski definition) is 5. The van der Waals surface area contributed by atoms with E-state index in [4.69, 9.17) is 4.42 Å². The number of Topliss-reactive ketones (excluding diaryl/α,β-unsaturated/α-hetero) is 1. The molecule has 1 rings (SSSR count). The molecule has 0 radical (unpaired) electrons. The first-order chi connectivity index (χ1) is 9.37. The Morgan fingerprint density at radius 2 is 2.15 bits per heavy atom. The van der Waals surface area contributed by atoms with Gasteiger partial charge in [-0.1, -0.05) is 13.8 Å². The molecule has 0 spiro atoms. The van der Waals surface area contributed by atoms with Crippen LogP contribution in [0.2, 0.25) is 0 Å². The summed E-state index contributed by atoms with van der Waals surface area (Å²) >= 11 is 0. The van der Waals surface area contributed by atoms with Crippen molar-refractivity contribution < 1.29 is 23.8 Å². The number of aliphatic hydroxyl groups is 1. The van der Waals surface area contributed by atoms with Crippen LogP contribution in [-0.2, 0) is 20.7 Å². The Balaban J connectivity index is 2.61. The largest absolute Gasteiger partial charge is 0.472 e. The van der Waals surface area contributed by atoms with Gasteiger partial charge in [0, 0.05) is 6.42 Å². The molecule has 0 saturated heterocycles. The third-order valence-corrected chi connectivity index (χ3v) is 3.57. The molecule has 0 aromatic carbocycles. The zero-order valence-corrected chi connectivity index (χ0v) is 12.2. The van der Waals surface area contributed by atoms with Crippen LogP contribution in [0.25, 0.3) is 0 Å². The van der Waals surface area contributed by atoms with Crippen molar-refractivity contribution in [1.82, 2.24) is 0 Å². The van der Waals surface area contributed by atoms with Crippen molar-refractivity contribution in [2.24, 2.45) is 5.92 Å². The monoisotopic (exact) mass is 282 g/mol. The molecule has 20 heavy (non-hydrogen) atoms. The Morgan fingerprint density at radius 1 is 1.45 bits per heavy atom. The number of carbonyl (C=O) groups is 2. The zero-order chi connectivity index (χ0) is 15.2. The topological polar surface area (TPSA) is 76.7 Å². The van der Waals surface area contributed by atoms with Gasteiger partial charge in [-0.05, 0) is 30.4 Å². The molecule has 0 aliphatic carbocycles. The van der Waals surface area contributed by atoms with E-state index in [1.807, 2.05) is 19.9 Å². The van der Waals surface area contributed by atoms with Crippen LogP contribution >= 0.6 is 0 Å². The molecule has 112 valence electrons. The van der Waals surface area contributed by atoms with Gasteiger partial charge in [0.25, 0.3) is 0 Å². The molecule has 1 N–H and O–H groups in total. The minimum absolute atomic E-state index is 0.0440. The molecule has 1 unspecified atom stereocenters. The molecule has 1 aromatic rings. The Labute approximate surface area is 118 Å². The van der Waals surface area contributed by atoms with Crippen LogP contribution in [0.15, 0.2) is 23.0 Å². The fourth-order valence-electron chi connectivity index (χ4n) is 2.01. The number of hydrogen-bond donors (Lipinski definition) is 1. The van der Waals surface area contributed by atoms with Gasteiger partial charge < -0.3 is 14.3 Å². The molecule has 0 aliphatic rings. The lowest BCUT2D eigenvalue weighted by Gasteiger charge is -2.31. The van der Waals surface area contributed by atoms with Crippen LogP contribution in [0, 0.1) is 5.92 Å². The Morgan fingerprint density at radius 3 is 2.65 bits per heavy atom. The maximum atomic E-state index is 11.8. The summed E-state index contributed by atoms with van der Waals surface area (Å²) in [6.45, 7) is 3.72. The second-order valence-corrected chi connectivity index (χ2v) is 5.36. The van der Waals surface area contributed by atoms with E-state index < -0.39 is 11.6 Å². The molecular formula is C15H22O5. The molecule has 0 amide bonds. The van der Waals surface area contributed by atoms with Gasteiger partial charge in [0.2, 0.25) is 0 Å². The van der Waals surface area contributed by atoms with E-state index in [1.165, 1.54) is 7.11 Å². The number of carbonyl (C=O) groups excluding carboxylic acids is 2. The van der Waals surface area contributed by atoms with E-state index in [9.17, 15) is 14.7 Å². The van der Waals surface area contributed by atoms with Crippen LogP contribution < -0.4 is 0 Å². The van der Waals surface area contributed by atoms with Gasteiger partial charge in [-0.2, -0.15) is 0 Å². The molecule has 0 bridgehead atoms. The summed E-state index contributed by atoms with van der Waals surface area (Å²) in [4.78, 5) is 22.9. The maximum Gasteiger partial charge on any atom is 0.313 e. The van der Waals surface area contributed by atoms with Crippen molar-refractivity contribution in [3.63, 3.8) is 0 Å². The van der Waals surface area contributed by atoms with Crippen LogP contribution in [0.1, 0.15) is 38.7 Å². The minimum atomic E-state index is -1.12. The summed E-state index contributed by atoms with van der Waals surface area (Å²) in [5, 5.41) is 10.6. The van der Waals surface area contributed by atoms with Crippen LogP contribution in [0.4, 0.5) is 0 Å². The van der Waals surface area contributed by atoms with E-state index in [-0.39, 0.29) is 24.5 Å². The third-order valence-electron chi connectivity index (χ3n) is 3.57. The summed E-state index contributed by atoms with van der Waals surface area (Å²) in [5.74, 6) is -0.966. The van der Waals surface area contributed by atoms with Crippen molar-refractivity contribution in [1.29, 1.82) is 0 Å². The standard InChI is InChI=1S/C15H22O5/c1-11(2)15(18,6-4-12-5-7-20-10-12)9-13(16)8-14(17)19-3/h5,7,10-11,18H,4,6,8-9H2,1-3H3. The number of furan rings is 1. The lowest BCUT2D eigenvalue weighted by Crippen LogP contribution is -2.38. The predicted molar refractivity (Wildman–Crippen MR) is 73.1 cm³/mol. The first kappa shape index (κ1) is 16.4. The summed E-state index contributed by atoms with van der Waals surface area (Å²) in [7, 11) is 1.24. The number of aryl methyl sites for hydroxylation is 1. The van der Waals surface area contributed by atoms with Crippen molar-refractivity contribution in [2.45, 2.75) is 45.1 Å². The summed E-state index contributed by atoms with van der Waals surface area (Å²) < 4.78 is 9.44. The van der Waals surface area contributed by atoms with Crippen molar-refractivity contribution in [3.05, 3.63) is 24.2 Å². The highest BCUT2D eigenvalue weighted by atomic mass is 16.5. The first-order valence-corrected chi connectivity index (χ1v) is 6.69. The van der Waals surface area contributed by atoms with Crippen LogP contribution in [-0.4, -0.2) is 29.6 Å². The van der Waals surface area contributed by atoms with Gasteiger partial charge in [-0.25, -0.2) is 0 Å². The third kappa shape index (κ3) is 4.81. The Hall–Kier alpha value is -1.62. The average Bonchev–Trinajstić information content (AvgIpc) is 2.89. The SMILES string of the molecule is COC(=O)CC(=O)CC(O)(CCc1ccoc1)C(C)C. The number of ether oxygens (including phenoxy) is 1. The predicted octanol–water partition coefficient (Wildman–Crippen LogP) is 2.12. The average molecular weight is 282 g/mol. The highest BCUT2D eigenvalue weighted by Gasteiger charge is 2.33. The van der Waals surface area contributed by atoms with E-state index in [0.717, 1.165) is 5.56 Å². The first-order valence-electron chi connectivity index (χ1n) is 6.69. The fraction of sp³-hybridized carbons (Fsp3) is 0.600. The Bertz CT molecular complexity index is 435. The lowest BCUT2D eigenvalue weighted by molar-refractivity contribution is -0.144. The number of ketones is 1. The van der Waals surface area contributed by atoms with Gasteiger partial charge in [0.05, 0.1) is 25.2 Å². The van der Waals surface area contributed by atoms with Crippen molar-refractivity contribution in [2.75, 3.05) is 7.11 Å². The molecule has 1 heterocycles. The zero-order valence-electron chi connectivity index (χ0n) is 12.2. The smallest absolute Gasteiger partial charge is 0.313 e. The Kier molecular flexibility index (Phi) is 5.95. The highest BCUT2D eigenvalue weighted by molar-refractivity contribution is 5.95. The number of rotatable bonds is 8. The molecule has 1 aromatic heterocycles. The van der Waals surface area contributed by atoms with Gasteiger partial charge in [0.15, 0.2) is 0 Å². The van der Waals surface area contributed by atoms with Crippen LogP contribution in [0.5, 0.6) is 0 Å². The normalized spacial score (nSPS) is 14.1. The van der Waals surface area contributed by atoms with Gasteiger partial charge in [-0.3, -0.25) is 9.59 Å². The van der Waals surface area contributed by atoms with Crippen LogP contribution in [0.3, 0.4) is 0 Å². The number of esters is 1. The van der Waals surface area contributed by atoms with E-state index in [2.05, 4.69) is 4.74 Å². The fourth-order valence-corrected chi connectivity index (χ4v) is 2.01. The summed E-state index contributed by atoms with van der Waals surface area (Å²) in [6, 6.07) is 1.83. The highest BCUT2D eigenvalue weighted by Crippen LogP contribution is 2.28. The minimum Gasteiger partial charge on any atom is -0.472 e. The number of methoxy groups -OCH3 is 1. The second kappa shape index (κ2) is 7.24. The van der Waals surface area contributed by atoms with E-state index in [0.29, 0.717) is 12.8 Å². The van der Waals surface area contributed by atoms with E-state index in [1.54, 1.807) is 12.5 Å². The van der Waals surface area contributed by atoms with Gasteiger partial charge in [0.1, 0.15) is 12.2 Å².